The fraction of sp³-hybridized carbons (Fsp3) is 0. The van der Waals surface area contributed by atoms with Gasteiger partial charge in [0, 0.05) is 23.7 Å². The van der Waals surface area contributed by atoms with Crippen LogP contribution in [0.15, 0.2) is 36.3 Å². The summed E-state index contributed by atoms with van der Waals surface area (Å²) in [4.78, 5) is 7.81. The van der Waals surface area contributed by atoms with E-state index in [0.29, 0.717) is 16.3 Å². The summed E-state index contributed by atoms with van der Waals surface area (Å²) in [7, 11) is 0. The number of dihydropyridines is 1. The Morgan fingerprint density at radius 2 is 2.18 bits per heavy atom. The molecule has 0 aromatic carbocycles. The van der Waals surface area contributed by atoms with Crippen LogP contribution in [0.2, 0.25) is 10.3 Å². The van der Waals surface area contributed by atoms with Crippen LogP contribution in [0.5, 0.6) is 0 Å². The Morgan fingerprint density at radius 3 is 2.82 bits per heavy atom. The lowest BCUT2D eigenvalue weighted by Crippen LogP contribution is -2.10. The second kappa shape index (κ2) is 5.12. The van der Waals surface area contributed by atoms with Crippen LogP contribution in [0.25, 0.3) is 5.57 Å². The second-order valence-corrected chi connectivity index (χ2v) is 3.92. The summed E-state index contributed by atoms with van der Waals surface area (Å²) in [5, 5.41) is 10.9. The van der Waals surface area contributed by atoms with E-state index >= 15 is 0 Å². The van der Waals surface area contributed by atoms with E-state index in [-0.39, 0.29) is 5.28 Å². The van der Waals surface area contributed by atoms with Gasteiger partial charge in [-0.15, -0.1) is 0 Å². The van der Waals surface area contributed by atoms with E-state index < -0.39 is 0 Å². The summed E-state index contributed by atoms with van der Waals surface area (Å²) >= 11 is 11.7. The summed E-state index contributed by atoms with van der Waals surface area (Å²) < 4.78 is 0. The molecule has 17 heavy (non-hydrogen) atoms. The molecule has 0 fully saturated rings. The Labute approximate surface area is 108 Å². The SMILES string of the molecule is N=C/C(=C1/C=CC=CN1)c1nc(Cl)ncc1Cl. The fourth-order valence-corrected chi connectivity index (χ4v) is 1.70. The van der Waals surface area contributed by atoms with E-state index in [1.807, 2.05) is 18.2 Å². The molecule has 0 radical (unpaired) electrons. The van der Waals surface area contributed by atoms with Crippen LogP contribution in [0.4, 0.5) is 0 Å². The number of aromatic nitrogens is 2. The van der Waals surface area contributed by atoms with E-state index in [2.05, 4.69) is 15.3 Å². The van der Waals surface area contributed by atoms with Gasteiger partial charge in [0.05, 0.1) is 16.9 Å². The van der Waals surface area contributed by atoms with Crippen LogP contribution in [0, 0.1) is 5.41 Å². The summed E-state index contributed by atoms with van der Waals surface area (Å²) in [5.74, 6) is 0. The van der Waals surface area contributed by atoms with Crippen molar-refractivity contribution in [2.24, 2.45) is 0 Å². The number of halogens is 2. The smallest absolute Gasteiger partial charge is 0.222 e. The van der Waals surface area contributed by atoms with Crippen molar-refractivity contribution < 1.29 is 0 Å². The molecule has 1 aliphatic heterocycles. The molecule has 0 spiro atoms. The highest BCUT2D eigenvalue weighted by Gasteiger charge is 2.12. The maximum Gasteiger partial charge on any atom is 0.222 e. The molecule has 1 aliphatic rings. The molecule has 0 amide bonds. The normalized spacial score (nSPS) is 16.6. The minimum atomic E-state index is 0.0969. The van der Waals surface area contributed by atoms with E-state index in [9.17, 15) is 0 Å². The second-order valence-electron chi connectivity index (χ2n) is 3.17. The third kappa shape index (κ3) is 2.54. The first-order valence-electron chi connectivity index (χ1n) is 4.75. The Hall–Kier alpha value is -1.65. The lowest BCUT2D eigenvalue weighted by atomic mass is 10.1. The lowest BCUT2D eigenvalue weighted by molar-refractivity contribution is 1.09. The number of allylic oxidation sites excluding steroid dienone is 4. The minimum absolute atomic E-state index is 0.0969. The van der Waals surface area contributed by atoms with Gasteiger partial charge in [-0.1, -0.05) is 17.7 Å². The first-order chi connectivity index (χ1) is 8.22. The van der Waals surface area contributed by atoms with Gasteiger partial charge in [-0.3, -0.25) is 0 Å². The van der Waals surface area contributed by atoms with Gasteiger partial charge >= 0.3 is 0 Å². The maximum absolute atomic E-state index is 7.46. The molecule has 1 aromatic rings. The van der Waals surface area contributed by atoms with Gasteiger partial charge in [-0.05, 0) is 23.8 Å². The molecule has 86 valence electrons. The quantitative estimate of drug-likeness (QED) is 0.639. The van der Waals surface area contributed by atoms with Gasteiger partial charge in [0.1, 0.15) is 0 Å². The van der Waals surface area contributed by atoms with Crippen LogP contribution >= 0.6 is 23.2 Å². The van der Waals surface area contributed by atoms with Crippen molar-refractivity contribution >= 4 is 35.0 Å². The summed E-state index contributed by atoms with van der Waals surface area (Å²) in [5.41, 5.74) is 1.73. The molecule has 0 saturated carbocycles. The van der Waals surface area contributed by atoms with Crippen LogP contribution in [0.3, 0.4) is 0 Å². The van der Waals surface area contributed by atoms with Gasteiger partial charge in [0.15, 0.2) is 0 Å². The maximum atomic E-state index is 7.46. The predicted octanol–water partition coefficient (Wildman–Crippen LogP) is 2.82. The predicted molar refractivity (Wildman–Crippen MR) is 69.2 cm³/mol. The van der Waals surface area contributed by atoms with Crippen molar-refractivity contribution in [3.63, 3.8) is 0 Å². The molecule has 0 atom stereocenters. The molecular formula is C11H8Cl2N4. The highest BCUT2D eigenvalue weighted by atomic mass is 35.5. The van der Waals surface area contributed by atoms with Crippen molar-refractivity contribution in [1.29, 1.82) is 5.41 Å². The van der Waals surface area contributed by atoms with E-state index in [0.717, 1.165) is 5.70 Å². The van der Waals surface area contributed by atoms with E-state index in [1.54, 1.807) is 6.20 Å². The Balaban J connectivity index is 2.56. The molecule has 1 aromatic heterocycles. The molecule has 2 rings (SSSR count). The first-order valence-corrected chi connectivity index (χ1v) is 5.51. The van der Waals surface area contributed by atoms with E-state index in [4.69, 9.17) is 28.6 Å². The number of hydrogen-bond donors (Lipinski definition) is 2. The molecule has 0 aliphatic carbocycles. The summed E-state index contributed by atoms with van der Waals surface area (Å²) in [6.07, 6.45) is 9.88. The average Bonchev–Trinajstić information content (AvgIpc) is 2.36. The summed E-state index contributed by atoms with van der Waals surface area (Å²) in [6.45, 7) is 0. The number of rotatable bonds is 2. The Bertz CT molecular complexity index is 546. The van der Waals surface area contributed by atoms with Crippen molar-refractivity contribution in [2.75, 3.05) is 0 Å². The lowest BCUT2D eigenvalue weighted by Gasteiger charge is -2.11. The van der Waals surface area contributed by atoms with Crippen LogP contribution in [-0.4, -0.2) is 16.2 Å². The zero-order valence-electron chi connectivity index (χ0n) is 8.61. The first kappa shape index (κ1) is 11.8. The Kier molecular flexibility index (Phi) is 3.56. The highest BCUT2D eigenvalue weighted by Crippen LogP contribution is 2.24. The largest absolute Gasteiger partial charge is 0.361 e. The van der Waals surface area contributed by atoms with Crippen LogP contribution < -0.4 is 5.32 Å². The minimum Gasteiger partial charge on any atom is -0.361 e. The zero-order valence-corrected chi connectivity index (χ0v) is 10.1. The molecule has 0 unspecified atom stereocenters. The van der Waals surface area contributed by atoms with Crippen molar-refractivity contribution in [1.82, 2.24) is 15.3 Å². The van der Waals surface area contributed by atoms with Gasteiger partial charge in [0.2, 0.25) is 5.28 Å². The molecule has 4 nitrogen and oxygen atoms in total. The van der Waals surface area contributed by atoms with Crippen molar-refractivity contribution in [2.45, 2.75) is 0 Å². The van der Waals surface area contributed by atoms with Crippen molar-refractivity contribution in [3.05, 3.63) is 52.3 Å². The van der Waals surface area contributed by atoms with Gasteiger partial charge in [-0.25, -0.2) is 9.97 Å². The number of nitrogens with zero attached hydrogens (tertiary/aromatic N) is 2. The van der Waals surface area contributed by atoms with Crippen LogP contribution in [-0.2, 0) is 0 Å². The molecule has 2 heterocycles. The van der Waals surface area contributed by atoms with Gasteiger partial charge in [-0.2, -0.15) is 0 Å². The van der Waals surface area contributed by atoms with Gasteiger partial charge < -0.3 is 10.7 Å². The number of nitrogens with one attached hydrogen (secondary N) is 2. The van der Waals surface area contributed by atoms with Gasteiger partial charge in [0.25, 0.3) is 0 Å². The van der Waals surface area contributed by atoms with Crippen LogP contribution in [0.1, 0.15) is 5.69 Å². The molecule has 0 bridgehead atoms. The third-order valence-electron chi connectivity index (χ3n) is 2.11. The number of hydrogen-bond acceptors (Lipinski definition) is 4. The van der Waals surface area contributed by atoms with Crippen molar-refractivity contribution in [3.8, 4) is 0 Å². The third-order valence-corrected chi connectivity index (χ3v) is 2.57. The molecule has 2 N–H and O–H groups in total. The average molecular weight is 267 g/mol. The monoisotopic (exact) mass is 266 g/mol. The Morgan fingerprint density at radius 1 is 1.35 bits per heavy atom. The standard InChI is InChI=1S/C11H8Cl2N4/c12-8-6-16-11(13)17-10(8)7(5-14)9-3-1-2-4-15-9/h1-6,14-15H/b9-7+,14-5?. The molecule has 6 heteroatoms. The topological polar surface area (TPSA) is 61.7 Å². The summed E-state index contributed by atoms with van der Waals surface area (Å²) in [6, 6.07) is 0. The zero-order chi connectivity index (χ0) is 12.3. The molecular weight excluding hydrogens is 259 g/mol. The fourth-order valence-electron chi connectivity index (χ4n) is 1.37. The highest BCUT2D eigenvalue weighted by molar-refractivity contribution is 6.34. The molecule has 0 saturated heterocycles. The van der Waals surface area contributed by atoms with E-state index in [1.165, 1.54) is 12.4 Å².